The quantitative estimate of drug-likeness (QED) is 0.149. The number of hydrogen-bond acceptors (Lipinski definition) is 4. The second kappa shape index (κ2) is 15.5. The van der Waals surface area contributed by atoms with E-state index < -0.39 is 0 Å². The van der Waals surface area contributed by atoms with Crippen molar-refractivity contribution >= 4 is 55.0 Å². The van der Waals surface area contributed by atoms with E-state index >= 15 is 0 Å². The Morgan fingerprint density at radius 3 is 2.02 bits per heavy atom. The molecule has 7 heteroatoms. The number of hydrogen-bond donors (Lipinski definition) is 0. The van der Waals surface area contributed by atoms with Crippen molar-refractivity contribution in [3.63, 3.8) is 0 Å². The summed E-state index contributed by atoms with van der Waals surface area (Å²) in [6.45, 7) is 8.77. The molecule has 7 aromatic carbocycles. The summed E-state index contributed by atoms with van der Waals surface area (Å²) in [4.78, 5) is 9.46. The Labute approximate surface area is 376 Å². The number of anilines is 1. The van der Waals surface area contributed by atoms with E-state index in [1.807, 2.05) is 25.4 Å². The Balaban J connectivity index is 0.00000458. The number of rotatable bonds is 7. The molecule has 0 atom stereocenters. The van der Waals surface area contributed by atoms with E-state index in [1.54, 1.807) is 0 Å². The van der Waals surface area contributed by atoms with Crippen molar-refractivity contribution in [2.75, 3.05) is 11.9 Å². The van der Waals surface area contributed by atoms with Crippen molar-refractivity contribution in [2.45, 2.75) is 26.2 Å². The third kappa shape index (κ3) is 6.85. The van der Waals surface area contributed by atoms with Crippen LogP contribution in [0.4, 0.5) is 5.69 Å². The third-order valence-corrected chi connectivity index (χ3v) is 11.7. The first-order valence-electron chi connectivity index (χ1n) is 20.7. The van der Waals surface area contributed by atoms with Gasteiger partial charge in [-0.25, -0.2) is 4.98 Å². The molecule has 6 nitrogen and oxygen atoms in total. The molecule has 4 heterocycles. The predicted octanol–water partition coefficient (Wildman–Crippen LogP) is 13.5. The molecule has 0 saturated heterocycles. The molecular formula is C55H42N5OPt-3. The van der Waals surface area contributed by atoms with Crippen LogP contribution in [0.25, 0.3) is 71.9 Å². The fourth-order valence-electron chi connectivity index (χ4n) is 8.67. The van der Waals surface area contributed by atoms with Crippen LogP contribution in [-0.4, -0.2) is 26.1 Å². The molecule has 0 saturated carbocycles. The first-order chi connectivity index (χ1) is 29.8. The SMILES string of the molecule is CN1C=C(c2ccccc2)N(c2[c-]c(Oc3[c-]c4c(cc3)c3cc(-c5ccccc5)ccc3n4-c3cc4c(cn3)c3ccccc3n4-c3ccccc3)cc(C(C)(C)C)c2)[CH-]1.[Pt]. The zero-order chi connectivity index (χ0) is 41.2. The van der Waals surface area contributed by atoms with Crippen molar-refractivity contribution in [1.82, 2.24) is 19.0 Å². The maximum absolute atomic E-state index is 6.83. The van der Waals surface area contributed by atoms with Crippen molar-refractivity contribution in [3.05, 3.63) is 206 Å². The van der Waals surface area contributed by atoms with Gasteiger partial charge in [0.25, 0.3) is 0 Å². The maximum Gasteiger partial charge on any atom is 0.137 e. The smallest absolute Gasteiger partial charge is 0.137 e. The Morgan fingerprint density at radius 2 is 1.26 bits per heavy atom. The number of para-hydroxylation sites is 2. The molecule has 11 rings (SSSR count). The number of nitrogens with zero attached hydrogens (tertiary/aromatic N) is 5. The maximum atomic E-state index is 6.83. The second-order valence-electron chi connectivity index (χ2n) is 16.8. The molecule has 0 amide bonds. The molecule has 1 aliphatic heterocycles. The van der Waals surface area contributed by atoms with Crippen LogP contribution < -0.4 is 9.64 Å². The minimum Gasteiger partial charge on any atom is -0.510 e. The van der Waals surface area contributed by atoms with Crippen LogP contribution in [0, 0.1) is 18.8 Å². The van der Waals surface area contributed by atoms with Crippen LogP contribution in [0.3, 0.4) is 0 Å². The molecule has 0 fully saturated rings. The number of benzene rings is 7. The van der Waals surface area contributed by atoms with Gasteiger partial charge in [-0.1, -0.05) is 135 Å². The van der Waals surface area contributed by atoms with Gasteiger partial charge in [-0.2, -0.15) is 12.7 Å². The third-order valence-electron chi connectivity index (χ3n) is 11.7. The molecule has 0 unspecified atom stereocenters. The summed E-state index contributed by atoms with van der Waals surface area (Å²) < 4.78 is 11.4. The van der Waals surface area contributed by atoms with Gasteiger partial charge in [0.05, 0.1) is 11.0 Å². The van der Waals surface area contributed by atoms with Gasteiger partial charge in [0.1, 0.15) is 5.82 Å². The molecule has 0 spiro atoms. The van der Waals surface area contributed by atoms with E-state index in [1.165, 1.54) is 0 Å². The second-order valence-corrected chi connectivity index (χ2v) is 16.8. The standard InChI is InChI=1S/C55H42N5O.Pt/c1-55(2,3)40-29-42(58-36-57(4)35-53(58)38-18-10-6-11-19-38)31-44(30-40)61-43-25-26-46-47-28-39(37-16-8-5-9-17-37)24-27-50(47)60(51(46)32-43)54-33-52-48(34-56-54)45-22-14-15-23-49(45)59(52)41-20-12-7-13-21-41;/h5-30,33-36H,1-4H3;/q-3;. The molecule has 306 valence electrons. The number of pyridine rings is 1. The minimum atomic E-state index is -0.146. The Kier molecular flexibility index (Phi) is 9.84. The monoisotopic (exact) mass is 983 g/mol. The first kappa shape index (κ1) is 39.3. The summed E-state index contributed by atoms with van der Waals surface area (Å²) in [5, 5.41) is 4.43. The summed E-state index contributed by atoms with van der Waals surface area (Å²) in [5.41, 5.74) is 11.6. The van der Waals surface area contributed by atoms with Crippen LogP contribution >= 0.6 is 0 Å². The van der Waals surface area contributed by atoms with Crippen LogP contribution in [-0.2, 0) is 26.5 Å². The Hall–Kier alpha value is -6.88. The molecule has 0 bridgehead atoms. The van der Waals surface area contributed by atoms with Crippen LogP contribution in [0.2, 0.25) is 0 Å². The van der Waals surface area contributed by atoms with Gasteiger partial charge in [-0.15, -0.1) is 47.0 Å². The van der Waals surface area contributed by atoms with Gasteiger partial charge in [0, 0.05) is 72.5 Å². The number of fused-ring (bicyclic) bond motifs is 6. The zero-order valence-corrected chi connectivity index (χ0v) is 37.1. The fourth-order valence-corrected chi connectivity index (χ4v) is 8.67. The van der Waals surface area contributed by atoms with Crippen molar-refractivity contribution < 1.29 is 25.8 Å². The van der Waals surface area contributed by atoms with E-state index in [-0.39, 0.29) is 26.5 Å². The molecule has 3 aromatic heterocycles. The molecule has 62 heavy (non-hydrogen) atoms. The van der Waals surface area contributed by atoms with Crippen molar-refractivity contribution in [2.24, 2.45) is 0 Å². The molecular weight excluding hydrogens is 942 g/mol. The summed E-state index contributed by atoms with van der Waals surface area (Å²) in [6.07, 6.45) is 4.16. The van der Waals surface area contributed by atoms with Gasteiger partial charge >= 0.3 is 0 Å². The van der Waals surface area contributed by atoms with E-state index in [0.717, 1.165) is 88.8 Å². The summed E-state index contributed by atoms with van der Waals surface area (Å²) in [7, 11) is 2.05. The van der Waals surface area contributed by atoms with Gasteiger partial charge in [-0.3, -0.25) is 0 Å². The molecule has 1 aliphatic rings. The van der Waals surface area contributed by atoms with E-state index in [2.05, 4.69) is 216 Å². The first-order valence-corrected chi connectivity index (χ1v) is 20.7. The number of ether oxygens (including phenoxy) is 1. The zero-order valence-electron chi connectivity index (χ0n) is 34.8. The van der Waals surface area contributed by atoms with Crippen LogP contribution in [0.15, 0.2) is 176 Å². The van der Waals surface area contributed by atoms with Crippen molar-refractivity contribution in [3.8, 4) is 34.1 Å². The summed E-state index contributed by atoms with van der Waals surface area (Å²) in [6, 6.07) is 64.8. The van der Waals surface area contributed by atoms with Gasteiger partial charge < -0.3 is 23.7 Å². The Bertz CT molecular complexity index is 3310. The molecule has 0 aliphatic carbocycles. The average Bonchev–Trinajstić information content (AvgIpc) is 3.95. The number of aromatic nitrogens is 3. The van der Waals surface area contributed by atoms with Crippen LogP contribution in [0.5, 0.6) is 11.5 Å². The van der Waals surface area contributed by atoms with Crippen LogP contribution in [0.1, 0.15) is 31.9 Å². The summed E-state index contributed by atoms with van der Waals surface area (Å²) in [5.74, 6) is 2.01. The largest absolute Gasteiger partial charge is 0.510 e. The van der Waals surface area contributed by atoms with Gasteiger partial charge in [0.2, 0.25) is 0 Å². The van der Waals surface area contributed by atoms with Gasteiger partial charge in [0.15, 0.2) is 0 Å². The van der Waals surface area contributed by atoms with E-state index in [4.69, 9.17) is 9.72 Å². The van der Waals surface area contributed by atoms with Crippen molar-refractivity contribution in [1.29, 1.82) is 0 Å². The normalized spacial score (nSPS) is 13.0. The average molecular weight is 984 g/mol. The van der Waals surface area contributed by atoms with Gasteiger partial charge in [-0.05, 0) is 65.0 Å². The van der Waals surface area contributed by atoms with E-state index in [0.29, 0.717) is 11.5 Å². The Morgan fingerprint density at radius 1 is 0.565 bits per heavy atom. The van der Waals surface area contributed by atoms with E-state index in [9.17, 15) is 0 Å². The summed E-state index contributed by atoms with van der Waals surface area (Å²) >= 11 is 0. The molecule has 0 N–H and O–H groups in total. The topological polar surface area (TPSA) is 38.5 Å². The predicted molar refractivity (Wildman–Crippen MR) is 250 cm³/mol. The molecule has 0 radical (unpaired) electrons. The fraction of sp³-hybridized carbons (Fsp3) is 0.0909. The minimum absolute atomic E-state index is 0. The molecule has 10 aromatic rings.